The summed E-state index contributed by atoms with van der Waals surface area (Å²) in [6, 6.07) is -8.68. The van der Waals surface area contributed by atoms with Gasteiger partial charge in [0.15, 0.2) is 0 Å². The van der Waals surface area contributed by atoms with E-state index in [0.29, 0.717) is 18.4 Å². The normalized spacial score (nSPS) is 15.8. The molecule has 61 heavy (non-hydrogen) atoms. The molecule has 9 atom stereocenters. The number of nitrogens with one attached hydrogen (secondary N) is 8. The molecule has 1 rings (SSSR count). The Morgan fingerprint density at radius 3 is 1.52 bits per heavy atom. The molecule has 0 aliphatic rings. The largest absolute Gasteiger partial charge is 0.370 e. The first-order chi connectivity index (χ1) is 28.5. The van der Waals surface area contributed by atoms with E-state index in [1.165, 1.54) is 26.4 Å². The smallest absolute Gasteiger partial charge is 0.243 e. The number of imidazole rings is 1. The summed E-state index contributed by atoms with van der Waals surface area (Å²) in [5.41, 5.74) is 11.4. The van der Waals surface area contributed by atoms with Crippen molar-refractivity contribution in [1.29, 1.82) is 0 Å². The Balaban J connectivity index is 3.27. The van der Waals surface area contributed by atoms with Gasteiger partial charge in [-0.1, -0.05) is 61.8 Å². The number of carbonyl (C=O) groups is 9. The minimum Gasteiger partial charge on any atom is -0.370 e. The zero-order chi connectivity index (χ0) is 46.6. The van der Waals surface area contributed by atoms with E-state index < -0.39 is 95.6 Å². The summed E-state index contributed by atoms with van der Waals surface area (Å²) in [6.07, 6.45) is 4.22. The Hall–Kier alpha value is -5.40. The number of carbonyl (C=O) groups excluding carboxylic acids is 9. The van der Waals surface area contributed by atoms with Crippen molar-refractivity contribution in [2.75, 3.05) is 0 Å². The average molecular weight is 862 g/mol. The maximum absolute atomic E-state index is 13.9. The summed E-state index contributed by atoms with van der Waals surface area (Å²) in [6.45, 7) is 17.6. The van der Waals surface area contributed by atoms with Crippen molar-refractivity contribution in [2.24, 2.45) is 35.1 Å². The van der Waals surface area contributed by atoms with Crippen LogP contribution in [0.4, 0.5) is 0 Å². The van der Waals surface area contributed by atoms with Gasteiger partial charge in [-0.3, -0.25) is 38.4 Å². The van der Waals surface area contributed by atoms with Crippen LogP contribution in [0.2, 0.25) is 0 Å². The van der Waals surface area contributed by atoms with Crippen molar-refractivity contribution < 1.29 is 43.2 Å². The van der Waals surface area contributed by atoms with E-state index in [2.05, 4.69) is 47.2 Å². The van der Waals surface area contributed by atoms with Crippen LogP contribution in [0.5, 0.6) is 0 Å². The van der Waals surface area contributed by atoms with Crippen molar-refractivity contribution in [1.82, 2.24) is 47.2 Å². The third kappa shape index (κ3) is 20.1. The summed E-state index contributed by atoms with van der Waals surface area (Å²) < 4.78 is 0. The fourth-order valence-electron chi connectivity index (χ4n) is 6.16. The van der Waals surface area contributed by atoms with E-state index in [-0.39, 0.29) is 62.2 Å². The molecule has 20 nitrogen and oxygen atoms in total. The molecule has 1 aromatic rings. The molecule has 0 radical (unpaired) electrons. The monoisotopic (exact) mass is 862 g/mol. The summed E-state index contributed by atoms with van der Waals surface area (Å²) in [7, 11) is 0. The minimum absolute atomic E-state index is 0.0150. The van der Waals surface area contributed by atoms with E-state index in [9.17, 15) is 43.2 Å². The van der Waals surface area contributed by atoms with Gasteiger partial charge in [-0.05, 0) is 63.2 Å². The molecular weight excluding hydrogens is 791 g/mol. The molecular formula is C41H71N11O9. The van der Waals surface area contributed by atoms with Crippen LogP contribution < -0.4 is 48.7 Å². The first kappa shape index (κ1) is 53.6. The number of aldehydes is 1. The maximum atomic E-state index is 13.9. The Kier molecular flexibility index (Phi) is 23.5. The van der Waals surface area contributed by atoms with Crippen LogP contribution in [0.3, 0.4) is 0 Å². The van der Waals surface area contributed by atoms with Gasteiger partial charge in [-0.25, -0.2) is 4.98 Å². The number of nitrogens with zero attached hydrogens (tertiary/aromatic N) is 1. The molecule has 0 fully saturated rings. The topological polar surface area (TPSA) is 319 Å². The van der Waals surface area contributed by atoms with Gasteiger partial charge in [0.05, 0.1) is 18.4 Å². The van der Waals surface area contributed by atoms with Crippen LogP contribution >= 0.6 is 0 Å². The van der Waals surface area contributed by atoms with Crippen molar-refractivity contribution in [3.8, 4) is 0 Å². The minimum atomic E-state index is -1.26. The highest BCUT2D eigenvalue weighted by Gasteiger charge is 2.34. The highest BCUT2D eigenvalue weighted by Crippen LogP contribution is 2.13. The second-order valence-electron chi connectivity index (χ2n) is 17.1. The number of nitrogens with two attached hydrogens (primary N) is 2. The lowest BCUT2D eigenvalue weighted by Crippen LogP contribution is -2.60. The third-order valence-electron chi connectivity index (χ3n) is 9.78. The fourth-order valence-corrected chi connectivity index (χ4v) is 6.16. The van der Waals surface area contributed by atoms with Crippen LogP contribution in [-0.2, 0) is 49.6 Å². The Morgan fingerprint density at radius 2 is 1.10 bits per heavy atom. The first-order valence-electron chi connectivity index (χ1n) is 21.1. The fraction of sp³-hybridized carbons (Fsp3) is 0.707. The zero-order valence-electron chi connectivity index (χ0n) is 37.4. The molecule has 0 bridgehead atoms. The number of rotatable bonds is 28. The number of aromatic amines is 1. The number of aromatic nitrogens is 2. The molecule has 8 amide bonds. The van der Waals surface area contributed by atoms with Crippen molar-refractivity contribution in [3.63, 3.8) is 0 Å². The molecule has 0 unspecified atom stereocenters. The van der Waals surface area contributed by atoms with Gasteiger partial charge in [0.2, 0.25) is 47.3 Å². The van der Waals surface area contributed by atoms with Gasteiger partial charge in [-0.15, -0.1) is 0 Å². The molecule has 0 spiro atoms. The number of primary amides is 1. The third-order valence-corrected chi connectivity index (χ3v) is 9.78. The number of hydrogen-bond acceptors (Lipinski definition) is 11. The van der Waals surface area contributed by atoms with E-state index in [1.807, 2.05) is 48.5 Å². The summed E-state index contributed by atoms with van der Waals surface area (Å²) in [4.78, 5) is 124. The zero-order valence-corrected chi connectivity index (χ0v) is 37.4. The van der Waals surface area contributed by atoms with E-state index in [4.69, 9.17) is 11.5 Å². The van der Waals surface area contributed by atoms with Gasteiger partial charge in [0.25, 0.3) is 0 Å². The highest BCUT2D eigenvalue weighted by atomic mass is 16.2. The molecule has 0 saturated carbocycles. The standard InChI is InChI=1S/C41H71N11O9/c1-11-24(8)34(52-35(55)25(9)42)41(61)51-31(16-23(6)7)40(60)50-32(17-28-18-44-20-45-28)37(57)46-26(10)36(56)48-30(15-22(4)5)39(59)49-29(14-21(2)3)38(58)47-27(19-53)12-13-33(43)54/h18-27,29-32,34H,11-17,42H2,1-10H3,(H2,43,54)(H,44,45)(H,46,57)(H,47,58)(H,48,56)(H,49,59)(H,50,60)(H,51,61)(H,52,55)/t24-,25-,26-,27-,29-,30-,31-,32-,34-/m0/s1. The molecule has 0 saturated heterocycles. The lowest BCUT2D eigenvalue weighted by molar-refractivity contribution is -0.136. The molecule has 1 aromatic heterocycles. The van der Waals surface area contributed by atoms with Gasteiger partial charge in [-0.2, -0.15) is 0 Å². The Bertz CT molecular complexity index is 1620. The maximum Gasteiger partial charge on any atom is 0.243 e. The highest BCUT2D eigenvalue weighted by molar-refractivity contribution is 5.97. The summed E-state index contributed by atoms with van der Waals surface area (Å²) >= 11 is 0. The van der Waals surface area contributed by atoms with Gasteiger partial charge < -0.3 is 58.5 Å². The van der Waals surface area contributed by atoms with Crippen LogP contribution in [0.25, 0.3) is 0 Å². The van der Waals surface area contributed by atoms with E-state index in [0.717, 1.165) is 0 Å². The summed E-state index contributed by atoms with van der Waals surface area (Å²) in [5, 5.41) is 18.7. The van der Waals surface area contributed by atoms with E-state index in [1.54, 1.807) is 6.92 Å². The molecule has 1 heterocycles. The van der Waals surface area contributed by atoms with Crippen LogP contribution in [-0.4, -0.2) is 112 Å². The van der Waals surface area contributed by atoms with Crippen LogP contribution in [0.1, 0.15) is 113 Å². The molecule has 0 aromatic carbocycles. The number of amides is 8. The summed E-state index contributed by atoms with van der Waals surface area (Å²) in [5.74, 6) is -5.78. The molecule has 0 aliphatic heterocycles. The molecule has 344 valence electrons. The molecule has 0 aliphatic carbocycles. The Labute approximate surface area is 359 Å². The van der Waals surface area contributed by atoms with Crippen molar-refractivity contribution in [2.45, 2.75) is 163 Å². The predicted octanol–water partition coefficient (Wildman–Crippen LogP) is -0.638. The molecule has 12 N–H and O–H groups in total. The number of H-pyrrole nitrogens is 1. The predicted molar refractivity (Wildman–Crippen MR) is 227 cm³/mol. The quantitative estimate of drug-likeness (QED) is 0.0473. The van der Waals surface area contributed by atoms with Crippen molar-refractivity contribution >= 4 is 53.5 Å². The molecule has 20 heteroatoms. The second-order valence-corrected chi connectivity index (χ2v) is 17.1. The second kappa shape index (κ2) is 26.7. The van der Waals surface area contributed by atoms with Gasteiger partial charge in [0, 0.05) is 24.7 Å². The first-order valence-corrected chi connectivity index (χ1v) is 21.1. The SMILES string of the molecule is CC[C@H](C)[C@H](NC(=O)[C@H](C)N)C(=O)N[C@@H](CC(C)C)C(=O)N[C@@H](Cc1cnc[nH]1)C(=O)N[C@@H](C)C(=O)N[C@@H](CC(C)C)C(=O)N[C@@H](CC(C)C)C(=O)N[C@H](C=O)CCC(N)=O. The van der Waals surface area contributed by atoms with Gasteiger partial charge in [0.1, 0.15) is 42.5 Å². The van der Waals surface area contributed by atoms with Crippen LogP contribution in [0, 0.1) is 23.7 Å². The van der Waals surface area contributed by atoms with Crippen molar-refractivity contribution in [3.05, 3.63) is 18.2 Å². The van der Waals surface area contributed by atoms with Gasteiger partial charge >= 0.3 is 0 Å². The average Bonchev–Trinajstić information content (AvgIpc) is 3.69. The van der Waals surface area contributed by atoms with E-state index >= 15 is 0 Å². The lowest BCUT2D eigenvalue weighted by Gasteiger charge is -2.29. The number of hydrogen-bond donors (Lipinski definition) is 10. The lowest BCUT2D eigenvalue weighted by atomic mass is 9.96. The van der Waals surface area contributed by atoms with Crippen LogP contribution in [0.15, 0.2) is 12.5 Å². The Morgan fingerprint density at radius 1 is 0.639 bits per heavy atom.